The van der Waals surface area contributed by atoms with E-state index in [9.17, 15) is 27.6 Å². The number of hydrazine groups is 1. The summed E-state index contributed by atoms with van der Waals surface area (Å²) in [6, 6.07) is 16.0. The second kappa shape index (κ2) is 11.9. The predicted octanol–water partition coefficient (Wildman–Crippen LogP) is 4.11. The zero-order valence-electron chi connectivity index (χ0n) is 21.7. The highest BCUT2D eigenvalue weighted by Gasteiger charge is 2.34. The average molecular weight is 564 g/mol. The van der Waals surface area contributed by atoms with E-state index in [2.05, 4.69) is 22.3 Å². The maximum atomic E-state index is 13.6. The molecule has 0 aliphatic heterocycles. The Morgan fingerprint density at radius 3 is 2.29 bits per heavy atom. The van der Waals surface area contributed by atoms with Crippen LogP contribution in [0.1, 0.15) is 37.7 Å². The molecule has 41 heavy (non-hydrogen) atoms. The quantitative estimate of drug-likeness (QED) is 0.127. The summed E-state index contributed by atoms with van der Waals surface area (Å²) in [4.78, 5) is 43.3. The lowest BCUT2D eigenvalue weighted by molar-refractivity contribution is -0.141. The van der Waals surface area contributed by atoms with Crippen LogP contribution in [0.2, 0.25) is 0 Å². The van der Waals surface area contributed by atoms with Gasteiger partial charge in [-0.05, 0) is 48.0 Å². The molecule has 0 aliphatic carbocycles. The Bertz CT molecular complexity index is 1710. The molecule has 0 unspecified atom stereocenters. The number of carbonyl (C=O) groups is 2. The summed E-state index contributed by atoms with van der Waals surface area (Å²) in [6.07, 6.45) is -1.62. The molecule has 0 fully saturated rings. The third kappa shape index (κ3) is 5.87. The number of benzene rings is 2. The van der Waals surface area contributed by atoms with Crippen molar-refractivity contribution >= 4 is 28.6 Å². The van der Waals surface area contributed by atoms with Gasteiger partial charge in [-0.3, -0.25) is 20.0 Å². The number of ether oxygens (including phenoxy) is 1. The van der Waals surface area contributed by atoms with Crippen LogP contribution < -0.4 is 22.0 Å². The summed E-state index contributed by atoms with van der Waals surface area (Å²) < 4.78 is 46.7. The van der Waals surface area contributed by atoms with Gasteiger partial charge < -0.3 is 15.5 Å². The molecule has 1 amide bonds. The van der Waals surface area contributed by atoms with Gasteiger partial charge in [0.15, 0.2) is 5.43 Å². The number of methoxy groups -OCH3 is 1. The molecule has 0 atom stereocenters. The largest absolute Gasteiger partial charge is 0.464 e. The Kier molecular flexibility index (Phi) is 8.34. The zero-order valence-corrected chi connectivity index (χ0v) is 21.7. The monoisotopic (exact) mass is 563 g/mol. The molecule has 0 saturated heterocycles. The second-order valence-corrected chi connectivity index (χ2v) is 8.60. The van der Waals surface area contributed by atoms with Crippen molar-refractivity contribution in [3.63, 3.8) is 0 Å². The van der Waals surface area contributed by atoms with Crippen LogP contribution in [0, 0.1) is 0 Å². The van der Waals surface area contributed by atoms with Crippen molar-refractivity contribution in [3.05, 3.63) is 124 Å². The highest BCUT2D eigenvalue weighted by molar-refractivity contribution is 5.96. The fourth-order valence-electron chi connectivity index (χ4n) is 4.19. The van der Waals surface area contributed by atoms with Gasteiger partial charge in [0.2, 0.25) is 0 Å². The third-order valence-corrected chi connectivity index (χ3v) is 6.12. The van der Waals surface area contributed by atoms with E-state index in [4.69, 9.17) is 10.6 Å². The molecular formula is C29H24F3N5O4. The lowest BCUT2D eigenvalue weighted by atomic mass is 10.1. The smallest absolute Gasteiger partial charge is 0.433 e. The number of hydrogen-bond donors (Lipinski definition) is 3. The predicted molar refractivity (Wildman–Crippen MR) is 147 cm³/mol. The topological polar surface area (TPSA) is 128 Å². The normalized spacial score (nSPS) is 11.7. The van der Waals surface area contributed by atoms with Gasteiger partial charge in [-0.2, -0.15) is 13.2 Å². The average Bonchev–Trinajstić information content (AvgIpc) is 2.98. The van der Waals surface area contributed by atoms with Crippen LogP contribution in [0.25, 0.3) is 22.4 Å². The van der Waals surface area contributed by atoms with Crippen LogP contribution in [0.15, 0.2) is 90.3 Å². The molecule has 9 nitrogen and oxygen atoms in total. The summed E-state index contributed by atoms with van der Waals surface area (Å²) in [6.45, 7) is 3.18. The molecule has 0 bridgehead atoms. The molecule has 0 spiro atoms. The van der Waals surface area contributed by atoms with Gasteiger partial charge in [0.25, 0.3) is 5.91 Å². The van der Waals surface area contributed by atoms with Gasteiger partial charge in [-0.15, -0.1) is 0 Å². The van der Waals surface area contributed by atoms with Crippen molar-refractivity contribution in [2.45, 2.75) is 12.7 Å². The molecule has 4 N–H and O–H groups in total. The first-order valence-corrected chi connectivity index (χ1v) is 12.1. The fraction of sp³-hybridized carbons (Fsp3) is 0.103. The molecule has 2 heterocycles. The van der Waals surface area contributed by atoms with E-state index in [0.717, 1.165) is 17.7 Å². The lowest BCUT2D eigenvalue weighted by Crippen LogP contribution is -2.31. The zero-order chi connectivity index (χ0) is 29.7. The number of amides is 1. The number of para-hydroxylation sites is 1. The standard InChI is InChI=1S/C29H24F3N5O4/c1-3-7-22(36-33)17-10-12-18(13-11-17)27(39)34-16-21-24(28(40)41-2)37(19-8-5-4-6-9-19)26-20(25(21)38)14-15-23(35-26)29(30,31)32/h3-15,36H,1,16,33H2,2H3,(H,34,39)/b22-7-. The molecule has 12 heteroatoms. The minimum atomic E-state index is -4.80. The number of nitrogens with zero attached hydrogens (tertiary/aromatic N) is 2. The Labute approximate surface area is 231 Å². The van der Waals surface area contributed by atoms with Crippen LogP contribution >= 0.6 is 0 Å². The highest BCUT2D eigenvalue weighted by Crippen LogP contribution is 2.30. The summed E-state index contributed by atoms with van der Waals surface area (Å²) in [5.41, 5.74) is 1.30. The van der Waals surface area contributed by atoms with Crippen molar-refractivity contribution in [1.82, 2.24) is 20.3 Å². The van der Waals surface area contributed by atoms with Gasteiger partial charge >= 0.3 is 12.1 Å². The van der Waals surface area contributed by atoms with Gasteiger partial charge in [0.1, 0.15) is 17.0 Å². The van der Waals surface area contributed by atoms with Gasteiger partial charge in [0.05, 0.1) is 23.8 Å². The van der Waals surface area contributed by atoms with Crippen LogP contribution in [-0.4, -0.2) is 28.5 Å². The van der Waals surface area contributed by atoms with E-state index in [1.807, 2.05) is 0 Å². The van der Waals surface area contributed by atoms with E-state index in [1.165, 1.54) is 24.3 Å². The minimum absolute atomic E-state index is 0.182. The van der Waals surface area contributed by atoms with Gasteiger partial charge in [0, 0.05) is 17.8 Å². The van der Waals surface area contributed by atoms with E-state index in [0.29, 0.717) is 17.3 Å². The van der Waals surface area contributed by atoms with Crippen molar-refractivity contribution < 1.29 is 27.5 Å². The molecule has 0 saturated carbocycles. The Balaban J connectivity index is 1.83. The number of alkyl halides is 3. The summed E-state index contributed by atoms with van der Waals surface area (Å²) >= 11 is 0. The number of halogens is 3. The maximum absolute atomic E-state index is 13.6. The fourth-order valence-corrected chi connectivity index (χ4v) is 4.19. The number of nitrogens with one attached hydrogen (secondary N) is 2. The van der Waals surface area contributed by atoms with Crippen LogP contribution in [0.4, 0.5) is 13.2 Å². The van der Waals surface area contributed by atoms with Gasteiger partial charge in [-0.25, -0.2) is 9.78 Å². The summed E-state index contributed by atoms with van der Waals surface area (Å²) in [7, 11) is 1.07. The van der Waals surface area contributed by atoms with Crippen LogP contribution in [0.3, 0.4) is 0 Å². The van der Waals surface area contributed by atoms with Crippen LogP contribution in [-0.2, 0) is 17.5 Å². The SMILES string of the molecule is C=C/C=C(\NN)c1ccc(C(=O)NCc2c(C(=O)OC)n(-c3ccccc3)c3nc(C(F)(F)F)ccc3c2=O)cc1. The third-order valence-electron chi connectivity index (χ3n) is 6.12. The Morgan fingerprint density at radius 2 is 1.71 bits per heavy atom. The summed E-state index contributed by atoms with van der Waals surface area (Å²) in [5, 5.41) is 2.43. The number of rotatable bonds is 8. The number of hydrogen-bond acceptors (Lipinski definition) is 7. The molecule has 2 aromatic carbocycles. The molecule has 2 aromatic heterocycles. The molecular weight excluding hydrogens is 539 g/mol. The van der Waals surface area contributed by atoms with Crippen molar-refractivity contribution in [1.29, 1.82) is 0 Å². The molecule has 0 radical (unpaired) electrons. The minimum Gasteiger partial charge on any atom is -0.464 e. The number of esters is 1. The Morgan fingerprint density at radius 1 is 1.05 bits per heavy atom. The number of pyridine rings is 2. The highest BCUT2D eigenvalue weighted by atomic mass is 19.4. The second-order valence-electron chi connectivity index (χ2n) is 8.60. The first-order valence-electron chi connectivity index (χ1n) is 12.1. The van der Waals surface area contributed by atoms with Crippen LogP contribution in [0.5, 0.6) is 0 Å². The van der Waals surface area contributed by atoms with E-state index >= 15 is 0 Å². The number of fused-ring (bicyclic) bond motifs is 1. The molecule has 210 valence electrons. The number of aromatic nitrogens is 2. The van der Waals surface area contributed by atoms with E-state index in [1.54, 1.807) is 42.5 Å². The maximum Gasteiger partial charge on any atom is 0.433 e. The number of carbonyl (C=O) groups excluding carboxylic acids is 2. The van der Waals surface area contributed by atoms with Gasteiger partial charge in [-0.1, -0.05) is 43.0 Å². The summed E-state index contributed by atoms with van der Waals surface area (Å²) in [5.74, 6) is 3.94. The number of nitrogens with two attached hydrogens (primary N) is 1. The first kappa shape index (κ1) is 28.8. The van der Waals surface area contributed by atoms with E-state index in [-0.39, 0.29) is 33.5 Å². The van der Waals surface area contributed by atoms with Crippen molar-refractivity contribution in [2.75, 3.05) is 7.11 Å². The lowest BCUT2D eigenvalue weighted by Gasteiger charge is -2.19. The Hall–Kier alpha value is -5.23. The molecule has 0 aliphatic rings. The van der Waals surface area contributed by atoms with E-state index < -0.39 is 35.7 Å². The molecule has 4 rings (SSSR count). The van der Waals surface area contributed by atoms with Crippen molar-refractivity contribution in [2.24, 2.45) is 5.84 Å². The number of allylic oxidation sites excluding steroid dienone is 2. The molecule has 4 aromatic rings. The van der Waals surface area contributed by atoms with Crippen molar-refractivity contribution in [3.8, 4) is 5.69 Å². The first-order chi connectivity index (χ1) is 19.6.